The van der Waals surface area contributed by atoms with Crippen molar-refractivity contribution in [2.45, 2.75) is 12.8 Å². The van der Waals surface area contributed by atoms with Crippen LogP contribution in [-0.4, -0.2) is 10.8 Å². The van der Waals surface area contributed by atoms with Crippen LogP contribution in [0.4, 0.5) is 0 Å². The van der Waals surface area contributed by atoms with E-state index in [2.05, 4.69) is 4.98 Å². The van der Waals surface area contributed by atoms with Crippen molar-refractivity contribution >= 4 is 16.6 Å². The molecule has 1 heterocycles. The van der Waals surface area contributed by atoms with Crippen LogP contribution in [0.3, 0.4) is 0 Å². The molecular formula is C13H11NO. The van der Waals surface area contributed by atoms with E-state index < -0.39 is 0 Å². The van der Waals surface area contributed by atoms with Gasteiger partial charge in [0, 0.05) is 17.5 Å². The fourth-order valence-corrected chi connectivity index (χ4v) is 1.85. The highest BCUT2D eigenvalue weighted by atomic mass is 16.1. The molecule has 0 unspecified atom stereocenters. The molecule has 0 spiro atoms. The van der Waals surface area contributed by atoms with Crippen LogP contribution in [0.25, 0.3) is 10.8 Å². The highest BCUT2D eigenvalue weighted by Crippen LogP contribution is 2.33. The first-order valence-corrected chi connectivity index (χ1v) is 5.24. The van der Waals surface area contributed by atoms with Gasteiger partial charge in [-0.25, -0.2) is 0 Å². The van der Waals surface area contributed by atoms with E-state index in [-0.39, 0.29) is 11.7 Å². The van der Waals surface area contributed by atoms with Gasteiger partial charge in [0.05, 0.1) is 0 Å². The second kappa shape index (κ2) is 3.16. The Morgan fingerprint density at radius 1 is 1.20 bits per heavy atom. The molecule has 3 rings (SSSR count). The largest absolute Gasteiger partial charge is 0.292 e. The zero-order valence-corrected chi connectivity index (χ0v) is 8.31. The van der Waals surface area contributed by atoms with Gasteiger partial charge in [-0.3, -0.25) is 9.78 Å². The number of fused-ring (bicyclic) bond motifs is 1. The highest BCUT2D eigenvalue weighted by molar-refractivity contribution is 6.08. The van der Waals surface area contributed by atoms with Crippen molar-refractivity contribution in [1.29, 1.82) is 0 Å². The van der Waals surface area contributed by atoms with Crippen molar-refractivity contribution in [2.75, 3.05) is 0 Å². The van der Waals surface area contributed by atoms with Gasteiger partial charge in [-0.15, -0.1) is 0 Å². The van der Waals surface area contributed by atoms with Gasteiger partial charge in [-0.2, -0.15) is 0 Å². The van der Waals surface area contributed by atoms with E-state index >= 15 is 0 Å². The number of Topliss-reactive ketones (excluding diaryl/α,β-unsaturated/α-hetero) is 1. The summed E-state index contributed by atoms with van der Waals surface area (Å²) in [6, 6.07) is 9.86. The number of carbonyl (C=O) groups excluding carboxylic acids is 1. The van der Waals surface area contributed by atoms with Crippen LogP contribution >= 0.6 is 0 Å². The average molecular weight is 197 g/mol. The van der Waals surface area contributed by atoms with Crippen LogP contribution in [0.2, 0.25) is 0 Å². The maximum atomic E-state index is 12.0. The van der Waals surface area contributed by atoms with Gasteiger partial charge < -0.3 is 0 Å². The predicted octanol–water partition coefficient (Wildman–Crippen LogP) is 2.83. The summed E-state index contributed by atoms with van der Waals surface area (Å²) in [5.41, 5.74) is 0.649. The topological polar surface area (TPSA) is 30.0 Å². The molecule has 2 heteroatoms. The summed E-state index contributed by atoms with van der Waals surface area (Å²) >= 11 is 0. The zero-order valence-electron chi connectivity index (χ0n) is 8.31. The summed E-state index contributed by atoms with van der Waals surface area (Å²) in [5.74, 6) is 0.454. The van der Waals surface area contributed by atoms with Gasteiger partial charge in [0.1, 0.15) is 5.69 Å². The summed E-state index contributed by atoms with van der Waals surface area (Å²) in [5, 5.41) is 2.08. The lowest BCUT2D eigenvalue weighted by atomic mass is 10.1. The number of hydrogen-bond donors (Lipinski definition) is 0. The molecule has 1 aliphatic rings. The zero-order chi connectivity index (χ0) is 10.3. The van der Waals surface area contributed by atoms with Crippen LogP contribution < -0.4 is 0 Å². The lowest BCUT2D eigenvalue weighted by Crippen LogP contribution is -2.04. The molecule has 0 bridgehead atoms. The molecule has 15 heavy (non-hydrogen) atoms. The van der Waals surface area contributed by atoms with Crippen molar-refractivity contribution in [3.8, 4) is 0 Å². The molecular weight excluding hydrogens is 186 g/mol. The molecule has 0 N–H and O–H groups in total. The maximum Gasteiger partial charge on any atom is 0.184 e. The van der Waals surface area contributed by atoms with Crippen molar-refractivity contribution in [2.24, 2.45) is 5.92 Å². The van der Waals surface area contributed by atoms with Crippen LogP contribution in [-0.2, 0) is 0 Å². The smallest absolute Gasteiger partial charge is 0.184 e. The lowest BCUT2D eigenvalue weighted by molar-refractivity contribution is 0.0964. The Kier molecular flexibility index (Phi) is 1.81. The van der Waals surface area contributed by atoms with Crippen molar-refractivity contribution < 1.29 is 4.79 Å². The van der Waals surface area contributed by atoms with Gasteiger partial charge in [-0.1, -0.05) is 24.3 Å². The van der Waals surface area contributed by atoms with Crippen LogP contribution in [0.15, 0.2) is 36.5 Å². The molecule has 1 aromatic carbocycles. The summed E-state index contributed by atoms with van der Waals surface area (Å²) in [7, 11) is 0. The van der Waals surface area contributed by atoms with E-state index in [4.69, 9.17) is 0 Å². The first-order valence-electron chi connectivity index (χ1n) is 5.24. The second-order valence-corrected chi connectivity index (χ2v) is 4.02. The third-order valence-corrected chi connectivity index (χ3v) is 2.86. The maximum absolute atomic E-state index is 12.0. The molecule has 1 saturated carbocycles. The van der Waals surface area contributed by atoms with Gasteiger partial charge in [0.2, 0.25) is 0 Å². The number of carbonyl (C=O) groups is 1. The molecule has 0 aliphatic heterocycles. The molecule has 2 nitrogen and oxygen atoms in total. The van der Waals surface area contributed by atoms with E-state index in [0.717, 1.165) is 23.6 Å². The minimum absolute atomic E-state index is 0.215. The highest BCUT2D eigenvalue weighted by Gasteiger charge is 2.31. The standard InChI is InChI=1S/C13H11NO/c15-13(10-5-6-10)12-11-4-2-1-3-9(11)7-8-14-12/h1-4,7-8,10H,5-6H2. The van der Waals surface area contributed by atoms with Crippen molar-refractivity contribution in [3.05, 3.63) is 42.2 Å². The number of aromatic nitrogens is 1. The number of nitrogens with zero attached hydrogens (tertiary/aromatic N) is 1. The molecule has 0 saturated heterocycles. The molecule has 1 fully saturated rings. The van der Waals surface area contributed by atoms with Gasteiger partial charge in [-0.05, 0) is 24.3 Å². The SMILES string of the molecule is O=C(c1nccc2ccccc12)C1CC1. The number of rotatable bonds is 2. The third kappa shape index (κ3) is 1.42. The Bertz CT molecular complexity index is 524. The summed E-state index contributed by atoms with van der Waals surface area (Å²) in [6.45, 7) is 0. The van der Waals surface area contributed by atoms with Crippen molar-refractivity contribution in [3.63, 3.8) is 0 Å². The molecule has 74 valence electrons. The fourth-order valence-electron chi connectivity index (χ4n) is 1.85. The quantitative estimate of drug-likeness (QED) is 0.693. The minimum Gasteiger partial charge on any atom is -0.292 e. The molecule has 1 aliphatic carbocycles. The van der Waals surface area contributed by atoms with Crippen LogP contribution in [0.5, 0.6) is 0 Å². The third-order valence-electron chi connectivity index (χ3n) is 2.86. The van der Waals surface area contributed by atoms with E-state index in [9.17, 15) is 4.79 Å². The molecule has 0 atom stereocenters. The van der Waals surface area contributed by atoms with Crippen LogP contribution in [0.1, 0.15) is 23.3 Å². The summed E-state index contributed by atoms with van der Waals surface area (Å²) < 4.78 is 0. The van der Waals surface area contributed by atoms with Gasteiger partial charge in [0.25, 0.3) is 0 Å². The first-order chi connectivity index (χ1) is 7.36. The monoisotopic (exact) mass is 197 g/mol. The van der Waals surface area contributed by atoms with E-state index in [1.165, 1.54) is 0 Å². The average Bonchev–Trinajstić information content (AvgIpc) is 3.11. The second-order valence-electron chi connectivity index (χ2n) is 4.02. The first kappa shape index (κ1) is 8.60. The lowest BCUT2D eigenvalue weighted by Gasteiger charge is -2.02. The summed E-state index contributed by atoms with van der Waals surface area (Å²) in [6.07, 6.45) is 3.78. The van der Waals surface area contributed by atoms with Crippen LogP contribution in [0, 0.1) is 5.92 Å². The van der Waals surface area contributed by atoms with E-state index in [1.807, 2.05) is 30.3 Å². The normalized spacial score (nSPS) is 15.5. The Labute approximate surface area is 87.9 Å². The Morgan fingerprint density at radius 2 is 2.00 bits per heavy atom. The fraction of sp³-hybridized carbons (Fsp3) is 0.231. The Balaban J connectivity index is 2.20. The molecule has 0 radical (unpaired) electrons. The van der Waals surface area contributed by atoms with Crippen molar-refractivity contribution in [1.82, 2.24) is 4.98 Å². The van der Waals surface area contributed by atoms with Gasteiger partial charge >= 0.3 is 0 Å². The number of ketones is 1. The number of pyridine rings is 1. The summed E-state index contributed by atoms with van der Waals surface area (Å²) in [4.78, 5) is 16.2. The van der Waals surface area contributed by atoms with Gasteiger partial charge in [0.15, 0.2) is 5.78 Å². The number of benzene rings is 1. The Morgan fingerprint density at radius 3 is 2.80 bits per heavy atom. The Hall–Kier alpha value is -1.70. The molecule has 1 aromatic heterocycles. The predicted molar refractivity (Wildman–Crippen MR) is 58.8 cm³/mol. The number of hydrogen-bond acceptors (Lipinski definition) is 2. The molecule has 0 amide bonds. The minimum atomic E-state index is 0.215. The van der Waals surface area contributed by atoms with E-state index in [0.29, 0.717) is 5.69 Å². The van der Waals surface area contributed by atoms with E-state index in [1.54, 1.807) is 6.20 Å². The molecule has 2 aromatic rings.